The van der Waals surface area contributed by atoms with Crippen molar-refractivity contribution in [1.82, 2.24) is 10.6 Å². The van der Waals surface area contributed by atoms with Crippen molar-refractivity contribution in [1.29, 1.82) is 0 Å². The van der Waals surface area contributed by atoms with Gasteiger partial charge in [-0.3, -0.25) is 9.59 Å². The molecule has 6 heteroatoms. The van der Waals surface area contributed by atoms with Gasteiger partial charge in [0.05, 0.1) is 6.61 Å². The smallest absolute Gasteiger partial charge is 0.221 e. The van der Waals surface area contributed by atoms with Crippen molar-refractivity contribution in [2.45, 2.75) is 51.0 Å². The van der Waals surface area contributed by atoms with Crippen molar-refractivity contribution >= 4 is 11.8 Å². The number of nitrogens with two attached hydrogens (primary N) is 1. The van der Waals surface area contributed by atoms with E-state index in [1.54, 1.807) is 7.11 Å². The van der Waals surface area contributed by atoms with Crippen LogP contribution < -0.4 is 16.4 Å². The van der Waals surface area contributed by atoms with Gasteiger partial charge in [-0.15, -0.1) is 0 Å². The second-order valence-corrected chi connectivity index (χ2v) is 5.77. The Balaban J connectivity index is 2.02. The standard InChI is InChI=1S/C15H29N3O3/c1-21-10-9-18-15(20)7-8-17-14(19)6-5-12-3-2-4-13(16)11-12/h12-13H,2-11,16H2,1H3,(H,17,19)(H,18,20). The van der Waals surface area contributed by atoms with Crippen molar-refractivity contribution < 1.29 is 14.3 Å². The number of nitrogens with one attached hydrogen (secondary N) is 2. The summed E-state index contributed by atoms with van der Waals surface area (Å²) in [6.07, 6.45) is 6.25. The van der Waals surface area contributed by atoms with Gasteiger partial charge in [0.25, 0.3) is 0 Å². The molecule has 0 aromatic heterocycles. The molecule has 1 aliphatic rings. The van der Waals surface area contributed by atoms with Crippen LogP contribution in [-0.4, -0.2) is 44.7 Å². The summed E-state index contributed by atoms with van der Waals surface area (Å²) >= 11 is 0. The molecule has 0 saturated heterocycles. The zero-order valence-corrected chi connectivity index (χ0v) is 13.0. The Morgan fingerprint density at radius 2 is 1.86 bits per heavy atom. The third kappa shape index (κ3) is 8.67. The van der Waals surface area contributed by atoms with Gasteiger partial charge in [0, 0.05) is 39.1 Å². The normalized spacial score (nSPS) is 21.8. The molecule has 0 spiro atoms. The Morgan fingerprint density at radius 3 is 2.57 bits per heavy atom. The highest BCUT2D eigenvalue weighted by Crippen LogP contribution is 2.26. The molecule has 2 atom stereocenters. The van der Waals surface area contributed by atoms with Crippen LogP contribution in [0, 0.1) is 5.92 Å². The molecule has 122 valence electrons. The van der Waals surface area contributed by atoms with E-state index < -0.39 is 0 Å². The fourth-order valence-corrected chi connectivity index (χ4v) is 2.71. The second kappa shape index (κ2) is 10.6. The van der Waals surface area contributed by atoms with Crippen LogP contribution in [0.4, 0.5) is 0 Å². The monoisotopic (exact) mass is 299 g/mol. The van der Waals surface area contributed by atoms with E-state index in [0.29, 0.717) is 44.5 Å². The van der Waals surface area contributed by atoms with Gasteiger partial charge >= 0.3 is 0 Å². The van der Waals surface area contributed by atoms with Crippen molar-refractivity contribution in [3.05, 3.63) is 0 Å². The van der Waals surface area contributed by atoms with Crippen LogP contribution in [0.15, 0.2) is 0 Å². The van der Waals surface area contributed by atoms with Gasteiger partial charge in [-0.25, -0.2) is 0 Å². The molecule has 4 N–H and O–H groups in total. The number of carbonyl (C=O) groups excluding carboxylic acids is 2. The summed E-state index contributed by atoms with van der Waals surface area (Å²) in [5.41, 5.74) is 5.94. The Bertz CT molecular complexity index is 323. The van der Waals surface area contributed by atoms with Crippen molar-refractivity contribution in [2.24, 2.45) is 11.7 Å². The maximum Gasteiger partial charge on any atom is 0.221 e. The van der Waals surface area contributed by atoms with E-state index in [2.05, 4.69) is 10.6 Å². The summed E-state index contributed by atoms with van der Waals surface area (Å²) in [5.74, 6) is 0.543. The Labute approximate surface area is 127 Å². The van der Waals surface area contributed by atoms with Crippen LogP contribution in [0.1, 0.15) is 44.9 Å². The molecular formula is C15H29N3O3. The molecule has 6 nitrogen and oxygen atoms in total. The number of hydrogen-bond donors (Lipinski definition) is 3. The van der Waals surface area contributed by atoms with E-state index in [1.807, 2.05) is 0 Å². The molecule has 2 unspecified atom stereocenters. The lowest BCUT2D eigenvalue weighted by Gasteiger charge is -2.26. The number of ether oxygens (including phenoxy) is 1. The highest BCUT2D eigenvalue weighted by atomic mass is 16.5. The van der Waals surface area contributed by atoms with Crippen molar-refractivity contribution in [2.75, 3.05) is 26.8 Å². The molecule has 0 heterocycles. The van der Waals surface area contributed by atoms with E-state index in [4.69, 9.17) is 10.5 Å². The lowest BCUT2D eigenvalue weighted by Crippen LogP contribution is -2.32. The molecule has 2 amide bonds. The number of hydrogen-bond acceptors (Lipinski definition) is 4. The SMILES string of the molecule is COCCNC(=O)CCNC(=O)CCC1CCCC(N)C1. The topological polar surface area (TPSA) is 93.5 Å². The van der Waals surface area contributed by atoms with Gasteiger partial charge in [0.15, 0.2) is 0 Å². The molecule has 0 aliphatic heterocycles. The second-order valence-electron chi connectivity index (χ2n) is 5.77. The van der Waals surface area contributed by atoms with Crippen LogP contribution in [0.25, 0.3) is 0 Å². The maximum absolute atomic E-state index is 11.7. The molecule has 0 aromatic carbocycles. The van der Waals surface area contributed by atoms with E-state index in [9.17, 15) is 9.59 Å². The van der Waals surface area contributed by atoms with Gasteiger partial charge in [0.2, 0.25) is 11.8 Å². The lowest BCUT2D eigenvalue weighted by atomic mass is 9.83. The first-order chi connectivity index (χ1) is 10.1. The fraction of sp³-hybridized carbons (Fsp3) is 0.867. The summed E-state index contributed by atoms with van der Waals surface area (Å²) in [6, 6.07) is 0.308. The first kappa shape index (κ1) is 17.9. The summed E-state index contributed by atoms with van der Waals surface area (Å²) in [7, 11) is 1.59. The molecule has 0 bridgehead atoms. The van der Waals surface area contributed by atoms with Gasteiger partial charge in [-0.2, -0.15) is 0 Å². The van der Waals surface area contributed by atoms with Crippen LogP contribution in [0.2, 0.25) is 0 Å². The van der Waals surface area contributed by atoms with Gasteiger partial charge in [0.1, 0.15) is 0 Å². The fourth-order valence-electron chi connectivity index (χ4n) is 2.71. The molecule has 1 aliphatic carbocycles. The Kier molecular flexibility index (Phi) is 9.01. The highest BCUT2D eigenvalue weighted by Gasteiger charge is 2.19. The average Bonchev–Trinajstić information content (AvgIpc) is 2.45. The number of carbonyl (C=O) groups is 2. The minimum atomic E-state index is -0.0643. The van der Waals surface area contributed by atoms with Crippen LogP contribution >= 0.6 is 0 Å². The van der Waals surface area contributed by atoms with Crippen LogP contribution in [0.5, 0.6) is 0 Å². The molecule has 1 fully saturated rings. The van der Waals surface area contributed by atoms with E-state index in [1.165, 1.54) is 12.8 Å². The molecule has 1 rings (SSSR count). The summed E-state index contributed by atoms with van der Waals surface area (Å²) < 4.78 is 4.84. The lowest BCUT2D eigenvalue weighted by molar-refractivity contribution is -0.122. The summed E-state index contributed by atoms with van der Waals surface area (Å²) in [5, 5.41) is 5.51. The zero-order valence-electron chi connectivity index (χ0n) is 13.0. The van der Waals surface area contributed by atoms with Crippen LogP contribution in [-0.2, 0) is 14.3 Å². The van der Waals surface area contributed by atoms with Gasteiger partial charge < -0.3 is 21.1 Å². The minimum Gasteiger partial charge on any atom is -0.383 e. The molecule has 0 radical (unpaired) electrons. The predicted molar refractivity (Wildman–Crippen MR) is 81.7 cm³/mol. The first-order valence-electron chi connectivity index (χ1n) is 7.89. The predicted octanol–water partition coefficient (Wildman–Crippen LogP) is 0.553. The maximum atomic E-state index is 11.7. The van der Waals surface area contributed by atoms with E-state index in [0.717, 1.165) is 19.3 Å². The summed E-state index contributed by atoms with van der Waals surface area (Å²) in [4.78, 5) is 23.1. The summed E-state index contributed by atoms with van der Waals surface area (Å²) in [6.45, 7) is 1.40. The zero-order chi connectivity index (χ0) is 15.5. The Morgan fingerprint density at radius 1 is 1.14 bits per heavy atom. The molecule has 0 aromatic rings. The van der Waals surface area contributed by atoms with Crippen LogP contribution in [0.3, 0.4) is 0 Å². The minimum absolute atomic E-state index is 0.0267. The third-order valence-electron chi connectivity index (χ3n) is 3.91. The van der Waals surface area contributed by atoms with Crippen molar-refractivity contribution in [3.63, 3.8) is 0 Å². The third-order valence-corrected chi connectivity index (χ3v) is 3.91. The highest BCUT2D eigenvalue weighted by molar-refractivity contribution is 5.78. The number of amides is 2. The van der Waals surface area contributed by atoms with E-state index >= 15 is 0 Å². The number of methoxy groups -OCH3 is 1. The van der Waals surface area contributed by atoms with Crippen molar-refractivity contribution in [3.8, 4) is 0 Å². The number of rotatable bonds is 9. The molecule has 1 saturated carbocycles. The van der Waals surface area contributed by atoms with Gasteiger partial charge in [-0.05, 0) is 25.2 Å². The molecular weight excluding hydrogens is 270 g/mol. The molecule has 21 heavy (non-hydrogen) atoms. The quantitative estimate of drug-likeness (QED) is 0.542. The first-order valence-corrected chi connectivity index (χ1v) is 7.89. The van der Waals surface area contributed by atoms with E-state index in [-0.39, 0.29) is 11.8 Å². The average molecular weight is 299 g/mol. The largest absolute Gasteiger partial charge is 0.383 e. The van der Waals surface area contributed by atoms with Gasteiger partial charge in [-0.1, -0.05) is 12.8 Å². The Hall–Kier alpha value is -1.14.